The molecule has 0 unspecified atom stereocenters. The fourth-order valence-corrected chi connectivity index (χ4v) is 1.96. The van der Waals surface area contributed by atoms with E-state index in [1.165, 1.54) is 6.07 Å². The third-order valence-corrected chi connectivity index (χ3v) is 3.02. The van der Waals surface area contributed by atoms with Gasteiger partial charge < -0.3 is 10.6 Å². The first-order valence-electron chi connectivity index (χ1n) is 5.88. The van der Waals surface area contributed by atoms with Crippen LogP contribution in [0.3, 0.4) is 0 Å². The van der Waals surface area contributed by atoms with Gasteiger partial charge in [0.25, 0.3) is 0 Å². The first-order valence-corrected chi connectivity index (χ1v) is 5.88. The molecule has 0 heterocycles. The van der Waals surface area contributed by atoms with E-state index in [4.69, 9.17) is 5.73 Å². The maximum absolute atomic E-state index is 13.6. The van der Waals surface area contributed by atoms with Gasteiger partial charge in [0.05, 0.1) is 5.69 Å². The average molecular weight is 244 g/mol. The van der Waals surface area contributed by atoms with Crippen LogP contribution in [0.1, 0.15) is 11.1 Å². The SMILES string of the molecule is Cc1cc(CN(C)c2ccccc2F)ccc1N. The Morgan fingerprint density at radius 2 is 1.89 bits per heavy atom. The van der Waals surface area contributed by atoms with Gasteiger partial charge in [0.1, 0.15) is 5.82 Å². The first kappa shape index (κ1) is 12.4. The Bertz CT molecular complexity index is 552. The lowest BCUT2D eigenvalue weighted by Crippen LogP contribution is -2.17. The van der Waals surface area contributed by atoms with E-state index >= 15 is 0 Å². The molecule has 0 aromatic heterocycles. The minimum atomic E-state index is -0.202. The molecule has 2 rings (SSSR count). The van der Waals surface area contributed by atoms with Crippen molar-refractivity contribution in [3.05, 3.63) is 59.4 Å². The predicted octanol–water partition coefficient (Wildman–Crippen LogP) is 3.35. The number of anilines is 2. The van der Waals surface area contributed by atoms with Crippen molar-refractivity contribution < 1.29 is 4.39 Å². The molecule has 0 aliphatic carbocycles. The van der Waals surface area contributed by atoms with E-state index in [0.717, 1.165) is 16.8 Å². The summed E-state index contributed by atoms with van der Waals surface area (Å²) in [5.74, 6) is -0.202. The van der Waals surface area contributed by atoms with Crippen LogP contribution in [0.5, 0.6) is 0 Å². The summed E-state index contributed by atoms with van der Waals surface area (Å²) in [5.41, 5.74) is 9.34. The van der Waals surface area contributed by atoms with E-state index in [1.54, 1.807) is 12.1 Å². The van der Waals surface area contributed by atoms with Crippen LogP contribution < -0.4 is 10.6 Å². The predicted molar refractivity (Wildman–Crippen MR) is 74.1 cm³/mol. The Morgan fingerprint density at radius 1 is 1.17 bits per heavy atom. The average Bonchev–Trinajstić information content (AvgIpc) is 2.34. The number of nitrogens with zero attached hydrogens (tertiary/aromatic N) is 1. The van der Waals surface area contributed by atoms with Gasteiger partial charge in [0.15, 0.2) is 0 Å². The number of nitrogens with two attached hydrogens (primary N) is 1. The number of hydrogen-bond acceptors (Lipinski definition) is 2. The molecule has 2 nitrogen and oxygen atoms in total. The van der Waals surface area contributed by atoms with Crippen molar-refractivity contribution in [2.24, 2.45) is 0 Å². The number of benzene rings is 2. The minimum Gasteiger partial charge on any atom is -0.399 e. The Kier molecular flexibility index (Phi) is 3.51. The van der Waals surface area contributed by atoms with Crippen LogP contribution in [0.4, 0.5) is 15.8 Å². The molecular weight excluding hydrogens is 227 g/mol. The summed E-state index contributed by atoms with van der Waals surface area (Å²) in [6.45, 7) is 2.63. The third kappa shape index (κ3) is 2.62. The molecule has 0 amide bonds. The molecule has 2 aromatic carbocycles. The summed E-state index contributed by atoms with van der Waals surface area (Å²) in [5, 5.41) is 0. The van der Waals surface area contributed by atoms with Crippen LogP contribution in [0.2, 0.25) is 0 Å². The van der Waals surface area contributed by atoms with Crippen LogP contribution in [-0.2, 0) is 6.54 Å². The molecule has 2 N–H and O–H groups in total. The van der Waals surface area contributed by atoms with Gasteiger partial charge in [-0.1, -0.05) is 24.3 Å². The molecule has 0 aliphatic rings. The van der Waals surface area contributed by atoms with Gasteiger partial charge in [-0.05, 0) is 36.2 Å². The van der Waals surface area contributed by atoms with Crippen molar-refractivity contribution in [2.45, 2.75) is 13.5 Å². The lowest BCUT2D eigenvalue weighted by Gasteiger charge is -2.20. The molecule has 18 heavy (non-hydrogen) atoms. The molecule has 0 fully saturated rings. The summed E-state index contributed by atoms with van der Waals surface area (Å²) in [6.07, 6.45) is 0. The van der Waals surface area contributed by atoms with E-state index in [9.17, 15) is 4.39 Å². The van der Waals surface area contributed by atoms with E-state index in [1.807, 2.05) is 43.1 Å². The summed E-state index contributed by atoms with van der Waals surface area (Å²) in [6, 6.07) is 12.7. The molecule has 3 heteroatoms. The summed E-state index contributed by atoms with van der Waals surface area (Å²) < 4.78 is 13.6. The molecule has 0 bridgehead atoms. The smallest absolute Gasteiger partial charge is 0.146 e. The Labute approximate surface area is 107 Å². The lowest BCUT2D eigenvalue weighted by molar-refractivity contribution is 0.622. The van der Waals surface area contributed by atoms with Gasteiger partial charge in [-0.3, -0.25) is 0 Å². The van der Waals surface area contributed by atoms with Crippen LogP contribution in [0.25, 0.3) is 0 Å². The van der Waals surface area contributed by atoms with Crippen LogP contribution in [0.15, 0.2) is 42.5 Å². The zero-order chi connectivity index (χ0) is 13.1. The zero-order valence-corrected chi connectivity index (χ0v) is 10.7. The van der Waals surface area contributed by atoms with E-state index in [2.05, 4.69) is 0 Å². The Balaban J connectivity index is 2.19. The van der Waals surface area contributed by atoms with Crippen molar-refractivity contribution in [2.75, 3.05) is 17.7 Å². The maximum Gasteiger partial charge on any atom is 0.146 e. The van der Waals surface area contributed by atoms with Crippen LogP contribution in [0, 0.1) is 12.7 Å². The van der Waals surface area contributed by atoms with E-state index in [0.29, 0.717) is 12.2 Å². The highest BCUT2D eigenvalue weighted by Crippen LogP contribution is 2.20. The normalized spacial score (nSPS) is 10.4. The second-order valence-corrected chi connectivity index (χ2v) is 4.50. The number of aryl methyl sites for hydroxylation is 1. The van der Waals surface area contributed by atoms with Gasteiger partial charge in [-0.25, -0.2) is 4.39 Å². The summed E-state index contributed by atoms with van der Waals surface area (Å²) in [7, 11) is 1.88. The van der Waals surface area contributed by atoms with Crippen molar-refractivity contribution in [3.63, 3.8) is 0 Å². The minimum absolute atomic E-state index is 0.202. The van der Waals surface area contributed by atoms with E-state index < -0.39 is 0 Å². The molecule has 0 atom stereocenters. The van der Waals surface area contributed by atoms with Crippen molar-refractivity contribution in [1.29, 1.82) is 0 Å². The van der Waals surface area contributed by atoms with Gasteiger partial charge in [-0.15, -0.1) is 0 Å². The fourth-order valence-electron chi connectivity index (χ4n) is 1.96. The summed E-state index contributed by atoms with van der Waals surface area (Å²) >= 11 is 0. The molecule has 0 saturated heterocycles. The highest BCUT2D eigenvalue weighted by molar-refractivity contribution is 5.50. The van der Waals surface area contributed by atoms with Crippen molar-refractivity contribution in [1.82, 2.24) is 0 Å². The van der Waals surface area contributed by atoms with Crippen molar-refractivity contribution in [3.8, 4) is 0 Å². The van der Waals surface area contributed by atoms with Gasteiger partial charge in [0.2, 0.25) is 0 Å². The highest BCUT2D eigenvalue weighted by atomic mass is 19.1. The highest BCUT2D eigenvalue weighted by Gasteiger charge is 2.07. The second kappa shape index (κ2) is 5.08. The molecular formula is C15H17FN2. The molecule has 94 valence electrons. The van der Waals surface area contributed by atoms with Gasteiger partial charge in [0, 0.05) is 19.3 Å². The van der Waals surface area contributed by atoms with E-state index in [-0.39, 0.29) is 5.82 Å². The fraction of sp³-hybridized carbons (Fsp3) is 0.200. The molecule has 0 spiro atoms. The third-order valence-electron chi connectivity index (χ3n) is 3.02. The first-order chi connectivity index (χ1) is 8.58. The molecule has 2 aromatic rings. The lowest BCUT2D eigenvalue weighted by atomic mass is 10.1. The number of nitrogen functional groups attached to an aromatic ring is 1. The van der Waals surface area contributed by atoms with Crippen LogP contribution >= 0.6 is 0 Å². The van der Waals surface area contributed by atoms with Gasteiger partial charge in [-0.2, -0.15) is 0 Å². The van der Waals surface area contributed by atoms with Gasteiger partial charge >= 0.3 is 0 Å². The van der Waals surface area contributed by atoms with Crippen molar-refractivity contribution >= 4 is 11.4 Å². The van der Waals surface area contributed by atoms with Crippen LogP contribution in [-0.4, -0.2) is 7.05 Å². The monoisotopic (exact) mass is 244 g/mol. The number of rotatable bonds is 3. The maximum atomic E-state index is 13.6. The Morgan fingerprint density at radius 3 is 2.56 bits per heavy atom. The topological polar surface area (TPSA) is 29.3 Å². The zero-order valence-electron chi connectivity index (χ0n) is 10.7. The number of halogens is 1. The Hall–Kier alpha value is -2.03. The summed E-state index contributed by atoms with van der Waals surface area (Å²) in [4.78, 5) is 1.89. The standard InChI is InChI=1S/C15H17FN2/c1-11-9-12(7-8-14(11)17)10-18(2)15-6-4-3-5-13(15)16/h3-9H,10,17H2,1-2H3. The molecule has 0 aliphatic heterocycles. The largest absolute Gasteiger partial charge is 0.399 e. The number of para-hydroxylation sites is 1. The number of hydrogen-bond donors (Lipinski definition) is 1. The quantitative estimate of drug-likeness (QED) is 0.839. The molecule has 0 radical (unpaired) electrons. The molecule has 0 saturated carbocycles. The second-order valence-electron chi connectivity index (χ2n) is 4.50.